The average Bonchev–Trinajstić information content (AvgIpc) is 2.75. The van der Waals surface area contributed by atoms with E-state index in [0.29, 0.717) is 45.4 Å². The lowest BCUT2D eigenvalue weighted by Gasteiger charge is -2.43. The third kappa shape index (κ3) is 6.93. The highest BCUT2D eigenvalue weighted by molar-refractivity contribution is 5.83. The normalized spacial score (nSPS) is 19.9. The largest absolute Gasteiger partial charge is 0.444 e. The minimum absolute atomic E-state index is 0.0486. The minimum Gasteiger partial charge on any atom is -0.444 e. The molecule has 2 aliphatic rings. The molecule has 2 aliphatic heterocycles. The molecule has 1 unspecified atom stereocenters. The molecule has 3 amide bonds. The molecule has 8 heteroatoms. The highest BCUT2D eigenvalue weighted by Gasteiger charge is 2.39. The Bertz CT molecular complexity index is 843. The number of amides is 3. The fourth-order valence-corrected chi connectivity index (χ4v) is 4.33. The predicted molar refractivity (Wildman–Crippen MR) is 125 cm³/mol. The molecule has 0 aromatic heterocycles. The first-order chi connectivity index (χ1) is 15.5. The Labute approximate surface area is 196 Å². The van der Waals surface area contributed by atoms with Gasteiger partial charge in [-0.3, -0.25) is 14.5 Å². The summed E-state index contributed by atoms with van der Waals surface area (Å²) in [4.78, 5) is 42.5. The van der Waals surface area contributed by atoms with Crippen LogP contribution < -0.4 is 0 Å². The molecule has 1 N–H and O–H groups in total. The van der Waals surface area contributed by atoms with Crippen LogP contribution in [-0.4, -0.2) is 88.2 Å². The number of carbonyl (C=O) groups excluding carboxylic acids is 3. The summed E-state index contributed by atoms with van der Waals surface area (Å²) in [5.74, 6) is 0.0320. The number of hydrogen-bond donors (Lipinski definition) is 1. The van der Waals surface area contributed by atoms with Crippen molar-refractivity contribution in [2.24, 2.45) is 0 Å². The van der Waals surface area contributed by atoms with Gasteiger partial charge in [-0.2, -0.15) is 0 Å². The molecule has 182 valence electrons. The number of hydrogen-bond acceptors (Lipinski definition) is 5. The quantitative estimate of drug-likeness (QED) is 0.731. The van der Waals surface area contributed by atoms with Gasteiger partial charge in [-0.25, -0.2) is 4.79 Å². The molecule has 8 nitrogen and oxygen atoms in total. The summed E-state index contributed by atoms with van der Waals surface area (Å²) in [6.45, 7) is 9.27. The van der Waals surface area contributed by atoms with Crippen molar-refractivity contribution in [3.63, 3.8) is 0 Å². The van der Waals surface area contributed by atoms with E-state index >= 15 is 0 Å². The van der Waals surface area contributed by atoms with E-state index in [1.54, 1.807) is 25.7 Å². The second kappa shape index (κ2) is 10.1. The number of rotatable bonds is 5. The van der Waals surface area contributed by atoms with Gasteiger partial charge < -0.3 is 19.6 Å². The summed E-state index contributed by atoms with van der Waals surface area (Å²) >= 11 is 0. The van der Waals surface area contributed by atoms with Crippen LogP contribution in [0.15, 0.2) is 30.3 Å². The third-order valence-electron chi connectivity index (χ3n) is 6.35. The molecular formula is C25H37N3O5. The zero-order valence-corrected chi connectivity index (χ0v) is 20.2. The Hall–Kier alpha value is -2.61. The number of benzene rings is 1. The molecule has 33 heavy (non-hydrogen) atoms. The zero-order valence-electron chi connectivity index (χ0n) is 20.2. The Kier molecular flexibility index (Phi) is 7.67. The topological polar surface area (TPSA) is 90.4 Å². The van der Waals surface area contributed by atoms with Gasteiger partial charge in [-0.1, -0.05) is 37.3 Å². The van der Waals surface area contributed by atoms with Gasteiger partial charge in [0.05, 0.1) is 5.60 Å². The summed E-state index contributed by atoms with van der Waals surface area (Å²) in [7, 11) is 0. The maximum absolute atomic E-state index is 12.8. The molecule has 0 aliphatic carbocycles. The number of piperazine rings is 1. The van der Waals surface area contributed by atoms with Crippen LogP contribution in [0.5, 0.6) is 0 Å². The molecule has 2 heterocycles. The maximum Gasteiger partial charge on any atom is 0.410 e. The lowest BCUT2D eigenvalue weighted by Crippen LogP contribution is -2.58. The van der Waals surface area contributed by atoms with Crippen LogP contribution >= 0.6 is 0 Å². The van der Waals surface area contributed by atoms with Crippen molar-refractivity contribution in [1.29, 1.82) is 0 Å². The third-order valence-corrected chi connectivity index (χ3v) is 6.35. The van der Waals surface area contributed by atoms with Crippen molar-refractivity contribution in [2.75, 3.05) is 39.3 Å². The summed E-state index contributed by atoms with van der Waals surface area (Å²) in [6, 6.07) is 9.99. The van der Waals surface area contributed by atoms with Gasteiger partial charge in [-0.15, -0.1) is 0 Å². The number of nitrogens with zero attached hydrogens (tertiary/aromatic N) is 3. The van der Waals surface area contributed by atoms with Crippen LogP contribution in [0, 0.1) is 0 Å². The van der Waals surface area contributed by atoms with Crippen LogP contribution in [0.4, 0.5) is 4.79 Å². The minimum atomic E-state index is -1.02. The van der Waals surface area contributed by atoms with Gasteiger partial charge in [0.25, 0.3) is 0 Å². The van der Waals surface area contributed by atoms with Crippen molar-refractivity contribution in [3.05, 3.63) is 35.9 Å². The standard InChI is InChI=1S/C25H37N3O5/c1-19(20-8-6-5-7-9-20)16-21(29)26-12-10-25(32,11-13-26)18-28-15-14-27(17-22(28)30)23(31)33-24(2,3)4/h5-9,19,32H,10-18H2,1-4H3. The Balaban J connectivity index is 1.46. The Morgan fingerprint density at radius 1 is 1.06 bits per heavy atom. The fraction of sp³-hybridized carbons (Fsp3) is 0.640. The van der Waals surface area contributed by atoms with Crippen LogP contribution in [0.25, 0.3) is 0 Å². The van der Waals surface area contributed by atoms with Crippen LogP contribution in [0.2, 0.25) is 0 Å². The zero-order chi connectivity index (χ0) is 24.2. The van der Waals surface area contributed by atoms with Gasteiger partial charge in [0.15, 0.2) is 0 Å². The second-order valence-corrected chi connectivity index (χ2v) is 10.3. The van der Waals surface area contributed by atoms with Crippen LogP contribution in [-0.2, 0) is 14.3 Å². The predicted octanol–water partition coefficient (Wildman–Crippen LogP) is 2.61. The first-order valence-corrected chi connectivity index (χ1v) is 11.8. The van der Waals surface area contributed by atoms with Gasteiger partial charge in [0, 0.05) is 39.1 Å². The first-order valence-electron chi connectivity index (χ1n) is 11.8. The first kappa shape index (κ1) is 25.0. The van der Waals surface area contributed by atoms with E-state index in [1.165, 1.54) is 4.90 Å². The molecule has 0 radical (unpaired) electrons. The van der Waals surface area contributed by atoms with Crippen molar-refractivity contribution in [1.82, 2.24) is 14.7 Å². The average molecular weight is 460 g/mol. The molecule has 0 saturated carbocycles. The Morgan fingerprint density at radius 3 is 2.27 bits per heavy atom. The molecule has 0 spiro atoms. The number of β-amino-alcohol motifs (C(OH)–C–C–N with tert-alkyl or cyclic N) is 1. The number of aliphatic hydroxyl groups is 1. The molecule has 2 saturated heterocycles. The van der Waals surface area contributed by atoms with E-state index in [9.17, 15) is 19.5 Å². The van der Waals surface area contributed by atoms with E-state index in [-0.39, 0.29) is 30.8 Å². The van der Waals surface area contributed by atoms with E-state index in [2.05, 4.69) is 6.92 Å². The van der Waals surface area contributed by atoms with Gasteiger partial charge in [0.1, 0.15) is 12.1 Å². The number of likely N-dealkylation sites (tertiary alicyclic amines) is 1. The summed E-state index contributed by atoms with van der Waals surface area (Å²) in [6.07, 6.45) is 0.801. The molecule has 3 rings (SSSR count). The van der Waals surface area contributed by atoms with E-state index in [1.807, 2.05) is 35.2 Å². The fourth-order valence-electron chi connectivity index (χ4n) is 4.33. The van der Waals surface area contributed by atoms with E-state index in [0.717, 1.165) is 5.56 Å². The summed E-state index contributed by atoms with van der Waals surface area (Å²) in [5.41, 5.74) is -0.495. The van der Waals surface area contributed by atoms with Crippen molar-refractivity contribution in [3.8, 4) is 0 Å². The highest BCUT2D eigenvalue weighted by atomic mass is 16.6. The second-order valence-electron chi connectivity index (χ2n) is 10.3. The highest BCUT2D eigenvalue weighted by Crippen LogP contribution is 2.27. The smallest absolute Gasteiger partial charge is 0.410 e. The molecular weight excluding hydrogens is 422 g/mol. The summed E-state index contributed by atoms with van der Waals surface area (Å²) in [5, 5.41) is 11.1. The van der Waals surface area contributed by atoms with Crippen molar-refractivity contribution >= 4 is 17.9 Å². The lowest BCUT2D eigenvalue weighted by atomic mass is 9.89. The van der Waals surface area contributed by atoms with Crippen molar-refractivity contribution < 1.29 is 24.2 Å². The van der Waals surface area contributed by atoms with Crippen LogP contribution in [0.1, 0.15) is 58.4 Å². The lowest BCUT2D eigenvalue weighted by molar-refractivity contribution is -0.145. The monoisotopic (exact) mass is 459 g/mol. The number of ether oxygens (including phenoxy) is 1. The molecule has 1 aromatic carbocycles. The number of carbonyl (C=O) groups is 3. The van der Waals surface area contributed by atoms with Gasteiger partial charge in [0.2, 0.25) is 11.8 Å². The van der Waals surface area contributed by atoms with Gasteiger partial charge >= 0.3 is 6.09 Å². The number of piperidine rings is 1. The maximum atomic E-state index is 12.8. The molecule has 1 aromatic rings. The van der Waals surface area contributed by atoms with Crippen LogP contribution in [0.3, 0.4) is 0 Å². The SMILES string of the molecule is CC(CC(=O)N1CCC(O)(CN2CCN(C(=O)OC(C)(C)C)CC2=O)CC1)c1ccccc1. The molecule has 0 bridgehead atoms. The van der Waals surface area contributed by atoms with Gasteiger partial charge in [-0.05, 0) is 45.1 Å². The van der Waals surface area contributed by atoms with Crippen molar-refractivity contribution in [2.45, 2.75) is 64.1 Å². The molecule has 2 fully saturated rings. The molecule has 1 atom stereocenters. The summed E-state index contributed by atoms with van der Waals surface area (Å²) < 4.78 is 5.35. The van der Waals surface area contributed by atoms with E-state index < -0.39 is 17.3 Å². The van der Waals surface area contributed by atoms with E-state index in [4.69, 9.17) is 4.74 Å². The Morgan fingerprint density at radius 2 is 1.70 bits per heavy atom.